The lowest BCUT2D eigenvalue weighted by Crippen LogP contribution is -2.33. The van der Waals surface area contributed by atoms with E-state index in [0.29, 0.717) is 17.3 Å². The molecule has 0 radical (unpaired) electrons. The molecule has 1 N–H and O–H groups in total. The first-order chi connectivity index (χ1) is 13.5. The number of aromatic nitrogens is 3. The first kappa shape index (κ1) is 18.5. The Kier molecular flexibility index (Phi) is 4.78. The molecule has 2 aliphatic carbocycles. The minimum atomic E-state index is -4.43. The summed E-state index contributed by atoms with van der Waals surface area (Å²) >= 11 is 0. The van der Waals surface area contributed by atoms with E-state index in [1.807, 2.05) is 6.08 Å². The summed E-state index contributed by atoms with van der Waals surface area (Å²) in [4.78, 5) is 8.47. The van der Waals surface area contributed by atoms with Crippen LogP contribution in [0, 0.1) is 5.92 Å². The van der Waals surface area contributed by atoms with E-state index >= 15 is 0 Å². The molecule has 5 nitrogen and oxygen atoms in total. The van der Waals surface area contributed by atoms with E-state index in [4.69, 9.17) is 0 Å². The monoisotopic (exact) mass is 387 g/mol. The summed E-state index contributed by atoms with van der Waals surface area (Å²) in [6.45, 7) is 3.35. The van der Waals surface area contributed by atoms with Crippen LogP contribution < -0.4 is 16.1 Å². The Morgan fingerprint density at radius 2 is 2.14 bits per heavy atom. The highest BCUT2D eigenvalue weighted by molar-refractivity contribution is 5.57. The van der Waals surface area contributed by atoms with Crippen LogP contribution in [0.3, 0.4) is 0 Å². The molecule has 0 amide bonds. The number of hydrogen-bond donors (Lipinski definition) is 1. The number of fused-ring (bicyclic) bond motifs is 1. The Hall–Kier alpha value is -2.90. The molecular formula is C20H20F3N5. The molecule has 0 aromatic carbocycles. The fraction of sp³-hybridized carbons (Fsp3) is 0.350. The topological polar surface area (TPSA) is 55.1 Å². The number of imidazole rings is 1. The van der Waals surface area contributed by atoms with Crippen molar-refractivity contribution in [2.24, 2.45) is 11.0 Å². The minimum absolute atomic E-state index is 0.284. The summed E-state index contributed by atoms with van der Waals surface area (Å²) in [6, 6.07) is 1.42. The summed E-state index contributed by atoms with van der Waals surface area (Å²) < 4.78 is 41.4. The lowest BCUT2D eigenvalue weighted by molar-refractivity contribution is -0.137. The fourth-order valence-corrected chi connectivity index (χ4v) is 3.47. The van der Waals surface area contributed by atoms with Crippen molar-refractivity contribution in [3.63, 3.8) is 0 Å². The third-order valence-corrected chi connectivity index (χ3v) is 4.94. The zero-order chi connectivity index (χ0) is 19.7. The number of alkyl halides is 3. The third-order valence-electron chi connectivity index (χ3n) is 4.94. The SMILES string of the molecule is C=NN/C=C\CC1C=c2c(nc(-c3cncc(C(F)(F)F)c3)n2C2CC2)=CC1. The highest BCUT2D eigenvalue weighted by atomic mass is 19.4. The standard InChI is InChI=1S/C20H20F3N5/c1-24-26-8-2-3-13-4-7-17-18(9-13)28(16-5-6-16)19(27-17)14-10-15(12-25-11-14)20(21,22)23/h2,7-13,16,26H,1,3-6H2/b8-2-. The van der Waals surface area contributed by atoms with Gasteiger partial charge < -0.3 is 4.57 Å². The summed E-state index contributed by atoms with van der Waals surface area (Å²) in [5.41, 5.74) is 2.32. The Labute approximate surface area is 160 Å². The van der Waals surface area contributed by atoms with Crippen LogP contribution in [0.25, 0.3) is 23.5 Å². The molecule has 2 aliphatic rings. The van der Waals surface area contributed by atoms with E-state index in [0.717, 1.165) is 48.6 Å². The molecular weight excluding hydrogens is 367 g/mol. The second-order valence-electron chi connectivity index (χ2n) is 7.06. The van der Waals surface area contributed by atoms with Crippen molar-refractivity contribution in [2.45, 2.75) is 37.9 Å². The van der Waals surface area contributed by atoms with Crippen molar-refractivity contribution in [1.82, 2.24) is 20.0 Å². The molecule has 0 bridgehead atoms. The number of halogens is 3. The van der Waals surface area contributed by atoms with Gasteiger partial charge in [0.05, 0.1) is 16.3 Å². The molecule has 0 saturated heterocycles. The van der Waals surface area contributed by atoms with E-state index in [1.165, 1.54) is 6.20 Å². The molecule has 0 aliphatic heterocycles. The smallest absolute Gasteiger partial charge is 0.321 e. The molecule has 1 unspecified atom stereocenters. The predicted octanol–water partition coefficient (Wildman–Crippen LogP) is 2.99. The zero-order valence-corrected chi connectivity index (χ0v) is 15.2. The number of rotatable bonds is 6. The Morgan fingerprint density at radius 1 is 1.32 bits per heavy atom. The van der Waals surface area contributed by atoms with Crippen molar-refractivity contribution in [1.29, 1.82) is 0 Å². The van der Waals surface area contributed by atoms with Crippen LogP contribution >= 0.6 is 0 Å². The van der Waals surface area contributed by atoms with Gasteiger partial charge in [-0.1, -0.05) is 18.2 Å². The molecule has 2 heterocycles. The van der Waals surface area contributed by atoms with Crippen molar-refractivity contribution in [3.05, 3.63) is 47.0 Å². The van der Waals surface area contributed by atoms with Crippen molar-refractivity contribution >= 4 is 18.9 Å². The number of hydrogen-bond acceptors (Lipinski definition) is 4. The van der Waals surface area contributed by atoms with Crippen molar-refractivity contribution < 1.29 is 13.2 Å². The van der Waals surface area contributed by atoms with Gasteiger partial charge in [0.15, 0.2) is 0 Å². The van der Waals surface area contributed by atoms with Gasteiger partial charge >= 0.3 is 6.18 Å². The largest absolute Gasteiger partial charge is 0.417 e. The van der Waals surface area contributed by atoms with Crippen LogP contribution in [0.2, 0.25) is 0 Å². The Morgan fingerprint density at radius 3 is 2.86 bits per heavy atom. The molecule has 146 valence electrons. The Balaban J connectivity index is 1.74. The van der Waals surface area contributed by atoms with Gasteiger partial charge in [0.1, 0.15) is 5.82 Å². The van der Waals surface area contributed by atoms with Gasteiger partial charge in [-0.15, -0.1) is 0 Å². The van der Waals surface area contributed by atoms with E-state index in [-0.39, 0.29) is 6.04 Å². The third kappa shape index (κ3) is 3.72. The number of nitrogens with zero attached hydrogens (tertiary/aromatic N) is 4. The second-order valence-corrected chi connectivity index (χ2v) is 7.06. The maximum Gasteiger partial charge on any atom is 0.417 e. The van der Waals surface area contributed by atoms with E-state index in [1.54, 1.807) is 6.20 Å². The van der Waals surface area contributed by atoms with E-state index < -0.39 is 11.7 Å². The Bertz CT molecular complexity index is 1030. The lowest BCUT2D eigenvalue weighted by Gasteiger charge is -2.12. The quantitative estimate of drug-likeness (QED) is 0.613. The fourth-order valence-electron chi connectivity index (χ4n) is 3.47. The normalized spacial score (nSPS) is 19.0. The van der Waals surface area contributed by atoms with Gasteiger partial charge in [-0.05, 0) is 37.7 Å². The van der Waals surface area contributed by atoms with Crippen LogP contribution in [0.15, 0.2) is 35.8 Å². The average molecular weight is 387 g/mol. The molecule has 1 atom stereocenters. The zero-order valence-electron chi connectivity index (χ0n) is 15.2. The summed E-state index contributed by atoms with van der Waals surface area (Å²) in [6.07, 6.45) is 9.53. The second kappa shape index (κ2) is 7.26. The predicted molar refractivity (Wildman–Crippen MR) is 101 cm³/mol. The summed E-state index contributed by atoms with van der Waals surface area (Å²) in [7, 11) is 0. The lowest BCUT2D eigenvalue weighted by atomic mass is 9.97. The van der Waals surface area contributed by atoms with E-state index in [9.17, 15) is 13.2 Å². The van der Waals surface area contributed by atoms with E-state index in [2.05, 4.69) is 43.9 Å². The van der Waals surface area contributed by atoms with Gasteiger partial charge in [-0.2, -0.15) is 18.3 Å². The molecule has 8 heteroatoms. The molecule has 28 heavy (non-hydrogen) atoms. The number of allylic oxidation sites excluding steroid dienone is 1. The van der Waals surface area contributed by atoms with Crippen molar-refractivity contribution in [2.75, 3.05) is 0 Å². The molecule has 1 fully saturated rings. The summed E-state index contributed by atoms with van der Waals surface area (Å²) in [5, 5.41) is 5.39. The molecule has 4 rings (SSSR count). The molecule has 2 aromatic heterocycles. The van der Waals surface area contributed by atoms with Gasteiger partial charge in [0.25, 0.3) is 0 Å². The maximum atomic E-state index is 13.1. The maximum absolute atomic E-state index is 13.1. The molecule has 0 spiro atoms. The highest BCUT2D eigenvalue weighted by Gasteiger charge is 2.33. The van der Waals surface area contributed by atoms with Gasteiger partial charge in [0.2, 0.25) is 0 Å². The van der Waals surface area contributed by atoms with Crippen LogP contribution in [0.4, 0.5) is 13.2 Å². The van der Waals surface area contributed by atoms with Gasteiger partial charge in [-0.25, -0.2) is 4.98 Å². The average Bonchev–Trinajstić information content (AvgIpc) is 3.44. The van der Waals surface area contributed by atoms with Crippen molar-refractivity contribution in [3.8, 4) is 11.4 Å². The highest BCUT2D eigenvalue weighted by Crippen LogP contribution is 2.37. The molecule has 2 aromatic rings. The number of pyridine rings is 1. The van der Waals surface area contributed by atoms with Crippen LogP contribution in [-0.2, 0) is 6.18 Å². The first-order valence-corrected chi connectivity index (χ1v) is 9.16. The molecule has 1 saturated carbocycles. The first-order valence-electron chi connectivity index (χ1n) is 9.16. The number of hydrazone groups is 1. The van der Waals surface area contributed by atoms with Crippen LogP contribution in [0.5, 0.6) is 0 Å². The van der Waals surface area contributed by atoms with Gasteiger partial charge in [-0.3, -0.25) is 10.4 Å². The number of nitrogens with one attached hydrogen (secondary N) is 1. The van der Waals surface area contributed by atoms with Crippen LogP contribution in [-0.4, -0.2) is 21.3 Å². The van der Waals surface area contributed by atoms with Gasteiger partial charge in [0, 0.05) is 36.9 Å². The van der Waals surface area contributed by atoms with Crippen LogP contribution in [0.1, 0.15) is 37.3 Å². The minimum Gasteiger partial charge on any atom is -0.321 e. The summed E-state index contributed by atoms with van der Waals surface area (Å²) in [5.74, 6) is 0.865.